The number of methoxy groups -OCH3 is 2. The number of carbonyl (C=O) groups excluding carboxylic acids is 1. The zero-order valence-corrected chi connectivity index (χ0v) is 14.4. The van der Waals surface area contributed by atoms with Crippen LogP contribution >= 0.6 is 0 Å². The van der Waals surface area contributed by atoms with Crippen LogP contribution in [-0.4, -0.2) is 20.1 Å². The van der Waals surface area contributed by atoms with Crippen LogP contribution in [0.15, 0.2) is 54.1 Å². The quantitative estimate of drug-likeness (QED) is 0.647. The summed E-state index contributed by atoms with van der Waals surface area (Å²) in [6.07, 6.45) is 1.51. The van der Waals surface area contributed by atoms with Gasteiger partial charge in [-0.05, 0) is 36.3 Å². The Balaban J connectivity index is 2.22. The third-order valence-corrected chi connectivity index (χ3v) is 3.70. The summed E-state index contributed by atoms with van der Waals surface area (Å²) in [4.78, 5) is 12.4. The van der Waals surface area contributed by atoms with Gasteiger partial charge >= 0.3 is 0 Å². The average Bonchev–Trinajstić information content (AvgIpc) is 2.66. The van der Waals surface area contributed by atoms with Crippen molar-refractivity contribution in [3.63, 3.8) is 0 Å². The maximum Gasteiger partial charge on any atom is 0.262 e. The van der Waals surface area contributed by atoms with Crippen LogP contribution in [0.5, 0.6) is 11.5 Å². The highest BCUT2D eigenvalue weighted by Gasteiger charge is 2.14. The van der Waals surface area contributed by atoms with Crippen LogP contribution in [0.2, 0.25) is 0 Å². The predicted octanol–water partition coefficient (Wildman–Crippen LogP) is 3.49. The SMILES string of the molecule is COc1cc(C=C(C#N)C(=O)NC(C)c2ccccc2)cc(OC)c1. The highest BCUT2D eigenvalue weighted by Crippen LogP contribution is 2.24. The maximum absolute atomic E-state index is 12.4. The van der Waals surface area contributed by atoms with Gasteiger partial charge < -0.3 is 14.8 Å². The standard InChI is InChI=1S/C20H20N2O3/c1-14(16-7-5-4-6-8-16)22-20(23)17(13-21)9-15-10-18(24-2)12-19(11-15)25-3/h4-12,14H,1-3H3,(H,22,23). The van der Waals surface area contributed by atoms with Gasteiger partial charge in [-0.25, -0.2) is 0 Å². The first-order valence-electron chi connectivity index (χ1n) is 7.78. The van der Waals surface area contributed by atoms with E-state index in [-0.39, 0.29) is 11.6 Å². The van der Waals surface area contributed by atoms with Crippen LogP contribution in [0.1, 0.15) is 24.1 Å². The van der Waals surface area contributed by atoms with Crippen LogP contribution in [0.25, 0.3) is 6.08 Å². The Kier molecular flexibility index (Phi) is 6.19. The second kappa shape index (κ2) is 8.55. The topological polar surface area (TPSA) is 71.3 Å². The lowest BCUT2D eigenvalue weighted by Gasteiger charge is -2.14. The summed E-state index contributed by atoms with van der Waals surface area (Å²) in [5.41, 5.74) is 1.63. The van der Waals surface area contributed by atoms with Crippen molar-refractivity contribution in [2.24, 2.45) is 0 Å². The Morgan fingerprint density at radius 3 is 2.24 bits per heavy atom. The van der Waals surface area contributed by atoms with Gasteiger partial charge in [-0.15, -0.1) is 0 Å². The molecule has 1 atom stereocenters. The summed E-state index contributed by atoms with van der Waals surface area (Å²) in [6.45, 7) is 1.87. The van der Waals surface area contributed by atoms with E-state index in [4.69, 9.17) is 9.47 Å². The molecule has 0 saturated carbocycles. The minimum absolute atomic E-state index is 0.0121. The number of hydrogen-bond donors (Lipinski definition) is 1. The zero-order chi connectivity index (χ0) is 18.2. The minimum Gasteiger partial charge on any atom is -0.497 e. The van der Waals surface area contributed by atoms with Crippen molar-refractivity contribution < 1.29 is 14.3 Å². The van der Waals surface area contributed by atoms with E-state index >= 15 is 0 Å². The van der Waals surface area contributed by atoms with Crippen LogP contribution in [0, 0.1) is 11.3 Å². The van der Waals surface area contributed by atoms with Gasteiger partial charge in [-0.1, -0.05) is 30.3 Å². The lowest BCUT2D eigenvalue weighted by Crippen LogP contribution is -2.27. The summed E-state index contributed by atoms with van der Waals surface area (Å²) in [7, 11) is 3.09. The number of nitriles is 1. The van der Waals surface area contributed by atoms with Gasteiger partial charge in [-0.2, -0.15) is 5.26 Å². The molecule has 128 valence electrons. The Bertz CT molecular complexity index is 785. The second-order valence-electron chi connectivity index (χ2n) is 5.42. The molecule has 0 aromatic heterocycles. The lowest BCUT2D eigenvalue weighted by atomic mass is 10.1. The number of benzene rings is 2. The molecule has 0 heterocycles. The van der Waals surface area contributed by atoms with Gasteiger partial charge in [0.15, 0.2) is 0 Å². The molecule has 2 aromatic carbocycles. The van der Waals surface area contributed by atoms with Crippen molar-refractivity contribution in [1.82, 2.24) is 5.32 Å². The number of ether oxygens (including phenoxy) is 2. The molecular formula is C20H20N2O3. The fourth-order valence-electron chi connectivity index (χ4n) is 2.33. The molecule has 5 heteroatoms. The maximum atomic E-state index is 12.4. The molecule has 0 fully saturated rings. The summed E-state index contributed by atoms with van der Waals surface area (Å²) in [5, 5.41) is 12.2. The summed E-state index contributed by atoms with van der Waals surface area (Å²) in [6, 6.07) is 16.5. The molecule has 1 N–H and O–H groups in total. The predicted molar refractivity (Wildman–Crippen MR) is 96.1 cm³/mol. The minimum atomic E-state index is -0.430. The number of hydrogen-bond acceptors (Lipinski definition) is 4. The molecule has 1 amide bonds. The van der Waals surface area contributed by atoms with Crippen molar-refractivity contribution in [2.75, 3.05) is 14.2 Å². The third kappa shape index (κ3) is 4.85. The first-order chi connectivity index (χ1) is 12.1. The molecule has 0 spiro atoms. The van der Waals surface area contributed by atoms with E-state index in [2.05, 4.69) is 5.32 Å². The van der Waals surface area contributed by atoms with Crippen LogP contribution < -0.4 is 14.8 Å². The Morgan fingerprint density at radius 2 is 1.72 bits per heavy atom. The Hall–Kier alpha value is -3.26. The number of rotatable bonds is 6. The van der Waals surface area contributed by atoms with Gasteiger partial charge in [0.2, 0.25) is 0 Å². The monoisotopic (exact) mass is 336 g/mol. The molecule has 1 unspecified atom stereocenters. The van der Waals surface area contributed by atoms with Gasteiger partial charge in [-0.3, -0.25) is 4.79 Å². The molecule has 0 aliphatic rings. The van der Waals surface area contributed by atoms with Gasteiger partial charge in [0.1, 0.15) is 23.1 Å². The Morgan fingerprint density at radius 1 is 1.12 bits per heavy atom. The van der Waals surface area contributed by atoms with E-state index in [0.717, 1.165) is 5.56 Å². The zero-order valence-electron chi connectivity index (χ0n) is 14.4. The fourth-order valence-corrected chi connectivity index (χ4v) is 2.33. The number of amides is 1. The molecule has 25 heavy (non-hydrogen) atoms. The molecule has 0 radical (unpaired) electrons. The number of carbonyl (C=O) groups is 1. The highest BCUT2D eigenvalue weighted by atomic mass is 16.5. The van der Waals surface area contributed by atoms with E-state index in [1.807, 2.05) is 43.3 Å². The molecule has 2 aromatic rings. The van der Waals surface area contributed by atoms with Crippen molar-refractivity contribution in [1.29, 1.82) is 5.26 Å². The van der Waals surface area contributed by atoms with Crippen LogP contribution in [0.3, 0.4) is 0 Å². The normalized spacial score (nSPS) is 12.0. The summed E-state index contributed by atoms with van der Waals surface area (Å²) in [5.74, 6) is 0.738. The van der Waals surface area contributed by atoms with E-state index < -0.39 is 5.91 Å². The van der Waals surface area contributed by atoms with Crippen molar-refractivity contribution >= 4 is 12.0 Å². The lowest BCUT2D eigenvalue weighted by molar-refractivity contribution is -0.117. The van der Waals surface area contributed by atoms with E-state index in [9.17, 15) is 10.1 Å². The summed E-state index contributed by atoms with van der Waals surface area (Å²) >= 11 is 0. The molecule has 5 nitrogen and oxygen atoms in total. The van der Waals surface area contributed by atoms with Crippen molar-refractivity contribution in [3.05, 3.63) is 65.2 Å². The van der Waals surface area contributed by atoms with E-state index in [1.54, 1.807) is 32.4 Å². The number of nitrogens with zero attached hydrogens (tertiary/aromatic N) is 1. The molecule has 0 bridgehead atoms. The van der Waals surface area contributed by atoms with Crippen LogP contribution in [-0.2, 0) is 4.79 Å². The average molecular weight is 336 g/mol. The summed E-state index contributed by atoms with van der Waals surface area (Å²) < 4.78 is 10.4. The number of nitrogens with one attached hydrogen (secondary N) is 1. The van der Waals surface area contributed by atoms with E-state index in [0.29, 0.717) is 17.1 Å². The molecular weight excluding hydrogens is 316 g/mol. The van der Waals surface area contributed by atoms with Crippen molar-refractivity contribution in [2.45, 2.75) is 13.0 Å². The van der Waals surface area contributed by atoms with E-state index in [1.165, 1.54) is 6.08 Å². The fraction of sp³-hybridized carbons (Fsp3) is 0.200. The first-order valence-corrected chi connectivity index (χ1v) is 7.78. The Labute approximate surface area is 147 Å². The molecule has 0 aliphatic carbocycles. The molecule has 0 saturated heterocycles. The molecule has 0 aliphatic heterocycles. The van der Waals surface area contributed by atoms with Crippen LogP contribution in [0.4, 0.5) is 0 Å². The highest BCUT2D eigenvalue weighted by molar-refractivity contribution is 6.01. The smallest absolute Gasteiger partial charge is 0.262 e. The second-order valence-corrected chi connectivity index (χ2v) is 5.42. The van der Waals surface area contributed by atoms with Gasteiger partial charge in [0.05, 0.1) is 20.3 Å². The van der Waals surface area contributed by atoms with Gasteiger partial charge in [0.25, 0.3) is 5.91 Å². The first kappa shape index (κ1) is 18.1. The largest absolute Gasteiger partial charge is 0.497 e. The molecule has 2 rings (SSSR count). The van der Waals surface area contributed by atoms with Gasteiger partial charge in [0, 0.05) is 6.07 Å². The van der Waals surface area contributed by atoms with Crippen molar-refractivity contribution in [3.8, 4) is 17.6 Å². The third-order valence-electron chi connectivity index (χ3n) is 3.70.